The molecule has 1 aromatic carbocycles. The summed E-state index contributed by atoms with van der Waals surface area (Å²) in [6, 6.07) is 7.64. The maximum atomic E-state index is 12.5. The van der Waals surface area contributed by atoms with Gasteiger partial charge in [-0.1, -0.05) is 18.9 Å². The van der Waals surface area contributed by atoms with Crippen LogP contribution in [0.3, 0.4) is 0 Å². The quantitative estimate of drug-likeness (QED) is 0.921. The van der Waals surface area contributed by atoms with Crippen molar-refractivity contribution < 1.29 is 4.79 Å². The van der Waals surface area contributed by atoms with Gasteiger partial charge in [0.05, 0.1) is 5.69 Å². The fourth-order valence-electron chi connectivity index (χ4n) is 2.85. The van der Waals surface area contributed by atoms with Crippen LogP contribution in [0.25, 0.3) is 0 Å². The number of anilines is 2. The zero-order valence-corrected chi connectivity index (χ0v) is 14.6. The number of hydrogen-bond donors (Lipinski definition) is 1. The molecule has 23 heavy (non-hydrogen) atoms. The third-order valence-electron chi connectivity index (χ3n) is 4.19. The van der Waals surface area contributed by atoms with Crippen molar-refractivity contribution in [3.63, 3.8) is 0 Å². The van der Waals surface area contributed by atoms with Crippen LogP contribution in [0, 0.1) is 0 Å². The first kappa shape index (κ1) is 16.0. The first-order valence-electron chi connectivity index (χ1n) is 8.21. The molecule has 4 nitrogen and oxygen atoms in total. The number of nitrogens with zero attached hydrogens (tertiary/aromatic N) is 2. The van der Waals surface area contributed by atoms with E-state index in [0.29, 0.717) is 5.56 Å². The van der Waals surface area contributed by atoms with E-state index in [1.807, 2.05) is 43.3 Å². The van der Waals surface area contributed by atoms with Crippen LogP contribution in [-0.4, -0.2) is 25.0 Å². The van der Waals surface area contributed by atoms with Gasteiger partial charge in [-0.2, -0.15) is 0 Å². The van der Waals surface area contributed by atoms with Gasteiger partial charge < -0.3 is 4.90 Å². The molecule has 1 aromatic heterocycles. The summed E-state index contributed by atoms with van der Waals surface area (Å²) in [6.07, 6.45) is 7.16. The van der Waals surface area contributed by atoms with Crippen molar-refractivity contribution in [1.82, 2.24) is 4.98 Å². The Hall–Kier alpha value is -1.88. The number of carbonyl (C=O) groups is 1. The number of carbonyl (C=O) groups excluding carboxylic acids is 1. The molecule has 3 rings (SSSR count). The van der Waals surface area contributed by atoms with E-state index in [1.165, 1.54) is 36.3 Å². The van der Waals surface area contributed by atoms with E-state index in [2.05, 4.69) is 10.3 Å². The van der Waals surface area contributed by atoms with Gasteiger partial charge in [0, 0.05) is 30.2 Å². The van der Waals surface area contributed by atoms with Gasteiger partial charge in [0.2, 0.25) is 0 Å². The number of aryl methyl sites for hydroxylation is 2. The third-order valence-corrected chi connectivity index (χ3v) is 5.26. The van der Waals surface area contributed by atoms with Crippen molar-refractivity contribution in [2.24, 2.45) is 0 Å². The van der Waals surface area contributed by atoms with Gasteiger partial charge in [-0.25, -0.2) is 4.98 Å². The van der Waals surface area contributed by atoms with Gasteiger partial charge in [-0.15, -0.1) is 11.3 Å². The second kappa shape index (κ2) is 7.13. The number of rotatable bonds is 3. The van der Waals surface area contributed by atoms with Gasteiger partial charge in [0.1, 0.15) is 0 Å². The molecule has 0 atom stereocenters. The molecule has 1 amide bonds. The highest BCUT2D eigenvalue weighted by Crippen LogP contribution is 2.28. The molecule has 1 N–H and O–H groups in total. The molecular weight excluding hydrogens is 306 g/mol. The van der Waals surface area contributed by atoms with E-state index >= 15 is 0 Å². The highest BCUT2D eigenvalue weighted by atomic mass is 32.1. The Bertz CT molecular complexity index is 668. The van der Waals surface area contributed by atoms with E-state index in [1.54, 1.807) is 11.3 Å². The molecule has 0 fully saturated rings. The first-order chi connectivity index (χ1) is 11.1. The van der Waals surface area contributed by atoms with Crippen LogP contribution in [0.5, 0.6) is 0 Å². The van der Waals surface area contributed by atoms with Crippen molar-refractivity contribution in [2.45, 2.75) is 38.5 Å². The topological polar surface area (TPSA) is 45.2 Å². The third kappa shape index (κ3) is 3.91. The van der Waals surface area contributed by atoms with Crippen LogP contribution < -0.4 is 10.2 Å². The maximum Gasteiger partial charge on any atom is 0.257 e. The lowest BCUT2D eigenvalue weighted by atomic mass is 10.0. The van der Waals surface area contributed by atoms with E-state index in [4.69, 9.17) is 0 Å². The number of amides is 1. The number of aromatic nitrogens is 1. The molecule has 0 aliphatic heterocycles. The molecule has 0 unspecified atom stereocenters. The summed E-state index contributed by atoms with van der Waals surface area (Å²) in [7, 11) is 3.94. The van der Waals surface area contributed by atoms with E-state index in [9.17, 15) is 4.79 Å². The maximum absolute atomic E-state index is 12.5. The summed E-state index contributed by atoms with van der Waals surface area (Å²) < 4.78 is 0. The lowest BCUT2D eigenvalue weighted by molar-refractivity contribution is 0.102. The molecule has 1 heterocycles. The van der Waals surface area contributed by atoms with Crippen LogP contribution in [-0.2, 0) is 12.8 Å². The van der Waals surface area contributed by atoms with Crippen molar-refractivity contribution in [1.29, 1.82) is 0 Å². The van der Waals surface area contributed by atoms with Crippen molar-refractivity contribution in [3.05, 3.63) is 40.4 Å². The lowest BCUT2D eigenvalue weighted by Gasteiger charge is -2.13. The van der Waals surface area contributed by atoms with Crippen molar-refractivity contribution in [3.8, 4) is 0 Å². The van der Waals surface area contributed by atoms with Gasteiger partial charge in [-0.05, 0) is 43.9 Å². The normalized spacial score (nSPS) is 14.5. The van der Waals surface area contributed by atoms with Gasteiger partial charge >= 0.3 is 0 Å². The molecule has 0 spiro atoms. The number of fused-ring (bicyclic) bond motifs is 1. The zero-order chi connectivity index (χ0) is 16.2. The van der Waals surface area contributed by atoms with Crippen molar-refractivity contribution >= 4 is 28.1 Å². The van der Waals surface area contributed by atoms with Crippen LogP contribution in [0.4, 0.5) is 10.8 Å². The van der Waals surface area contributed by atoms with Crippen LogP contribution in [0.15, 0.2) is 24.3 Å². The van der Waals surface area contributed by atoms with Crippen LogP contribution in [0.2, 0.25) is 0 Å². The summed E-state index contributed by atoms with van der Waals surface area (Å²) in [5, 5.41) is 3.71. The van der Waals surface area contributed by atoms with Gasteiger partial charge in [0.25, 0.3) is 5.91 Å². The number of thiazole rings is 1. The monoisotopic (exact) mass is 329 g/mol. The molecule has 2 aromatic rings. The average Bonchev–Trinajstić information content (AvgIpc) is 2.88. The molecule has 5 heteroatoms. The minimum atomic E-state index is -0.0876. The molecule has 0 radical (unpaired) electrons. The lowest BCUT2D eigenvalue weighted by Crippen LogP contribution is -2.14. The highest BCUT2D eigenvalue weighted by Gasteiger charge is 2.15. The van der Waals surface area contributed by atoms with Gasteiger partial charge in [-0.3, -0.25) is 10.1 Å². The second-order valence-electron chi connectivity index (χ2n) is 6.20. The molecule has 122 valence electrons. The minimum Gasteiger partial charge on any atom is -0.378 e. The zero-order valence-electron chi connectivity index (χ0n) is 13.8. The van der Waals surface area contributed by atoms with Crippen LogP contribution in [0.1, 0.15) is 46.6 Å². The Morgan fingerprint density at radius 1 is 1.17 bits per heavy atom. The molecule has 0 saturated heterocycles. The Morgan fingerprint density at radius 2 is 1.96 bits per heavy atom. The van der Waals surface area contributed by atoms with Crippen molar-refractivity contribution in [2.75, 3.05) is 24.3 Å². The molecule has 0 saturated carbocycles. The first-order valence-corrected chi connectivity index (χ1v) is 9.02. The molecule has 0 bridgehead atoms. The summed E-state index contributed by atoms with van der Waals surface area (Å²) in [5.41, 5.74) is 2.87. The molecule has 1 aliphatic carbocycles. The Kier molecular flexibility index (Phi) is 4.96. The van der Waals surface area contributed by atoms with E-state index < -0.39 is 0 Å². The van der Waals surface area contributed by atoms with E-state index in [0.717, 1.165) is 23.7 Å². The highest BCUT2D eigenvalue weighted by molar-refractivity contribution is 7.15. The Balaban J connectivity index is 1.75. The fraction of sp³-hybridized carbons (Fsp3) is 0.444. The second-order valence-corrected chi connectivity index (χ2v) is 7.29. The van der Waals surface area contributed by atoms with Crippen LogP contribution >= 0.6 is 11.3 Å². The minimum absolute atomic E-state index is 0.0876. The smallest absolute Gasteiger partial charge is 0.257 e. The van der Waals surface area contributed by atoms with Gasteiger partial charge in [0.15, 0.2) is 5.13 Å². The predicted molar refractivity (Wildman–Crippen MR) is 96.7 cm³/mol. The Morgan fingerprint density at radius 3 is 2.74 bits per heavy atom. The largest absolute Gasteiger partial charge is 0.378 e. The number of hydrogen-bond acceptors (Lipinski definition) is 4. The predicted octanol–water partition coefficient (Wildman–Crippen LogP) is 4.12. The van der Waals surface area contributed by atoms with E-state index in [-0.39, 0.29) is 5.91 Å². The number of nitrogens with one attached hydrogen (secondary N) is 1. The molecular formula is C18H23N3OS. The number of benzene rings is 1. The fourth-order valence-corrected chi connectivity index (χ4v) is 3.90. The summed E-state index contributed by atoms with van der Waals surface area (Å²) >= 11 is 1.64. The summed E-state index contributed by atoms with van der Waals surface area (Å²) in [5.74, 6) is -0.0876. The SMILES string of the molecule is CN(C)c1cccc(C(=O)Nc2nc3c(s2)CCCCCC3)c1. The standard InChI is InChI=1S/C18H23N3OS/c1-21(2)14-9-7-8-13(12-14)17(22)20-18-19-15-10-5-3-4-6-11-16(15)23-18/h7-9,12H,3-6,10-11H2,1-2H3,(H,19,20,22). The summed E-state index contributed by atoms with van der Waals surface area (Å²) in [6.45, 7) is 0. The average molecular weight is 329 g/mol. The molecule has 1 aliphatic rings. The Labute approximate surface area is 141 Å². The summed E-state index contributed by atoms with van der Waals surface area (Å²) in [4.78, 5) is 20.5.